The third kappa shape index (κ3) is 6.85. The highest BCUT2D eigenvalue weighted by Gasteiger charge is 2.10. The van der Waals surface area contributed by atoms with Gasteiger partial charge in [-0.15, -0.1) is 23.1 Å². The lowest BCUT2D eigenvalue weighted by Crippen LogP contribution is -2.31. The van der Waals surface area contributed by atoms with Gasteiger partial charge in [-0.2, -0.15) is 0 Å². The molecule has 0 aliphatic carbocycles. The van der Waals surface area contributed by atoms with Gasteiger partial charge in [-0.05, 0) is 31.2 Å². The number of methoxy groups -OCH3 is 1. The second-order valence-electron chi connectivity index (χ2n) is 5.09. The summed E-state index contributed by atoms with van der Waals surface area (Å²) in [5.41, 5.74) is 1.47. The molecule has 2 rings (SSSR count). The Hall–Kier alpha value is -1.90. The van der Waals surface area contributed by atoms with Gasteiger partial charge in [0.25, 0.3) is 5.91 Å². The summed E-state index contributed by atoms with van der Waals surface area (Å²) in [7, 11) is 1.55. The minimum absolute atomic E-state index is 0.303. The van der Waals surface area contributed by atoms with Gasteiger partial charge in [0, 0.05) is 29.7 Å². The van der Waals surface area contributed by atoms with Crippen LogP contribution in [0.2, 0.25) is 0 Å². The monoisotopic (exact) mass is 380 g/mol. The first kappa shape index (κ1) is 19.4. The summed E-state index contributed by atoms with van der Waals surface area (Å²) in [4.78, 5) is 28.9. The van der Waals surface area contributed by atoms with Crippen molar-refractivity contribution in [2.24, 2.45) is 0 Å². The number of nitrogens with one attached hydrogen (secondary N) is 1. The summed E-state index contributed by atoms with van der Waals surface area (Å²) < 4.78 is 9.81. The fraction of sp³-hybridized carbons (Fsp3) is 0.353. The van der Waals surface area contributed by atoms with Crippen molar-refractivity contribution < 1.29 is 19.1 Å². The lowest BCUT2D eigenvalue weighted by molar-refractivity contribution is -0.124. The van der Waals surface area contributed by atoms with Crippen LogP contribution in [0.4, 0.5) is 0 Å². The van der Waals surface area contributed by atoms with Gasteiger partial charge in [0.2, 0.25) is 0 Å². The number of aromatic nitrogens is 1. The Labute approximate surface area is 154 Å². The van der Waals surface area contributed by atoms with Crippen LogP contribution in [0.1, 0.15) is 21.1 Å². The van der Waals surface area contributed by atoms with Crippen molar-refractivity contribution in [2.75, 3.05) is 26.9 Å². The SMILES string of the molecule is COCCNC(=O)COC(=O)c1ccc(SCc2csc(C)n2)cc1. The first-order valence-corrected chi connectivity index (χ1v) is 9.51. The lowest BCUT2D eigenvalue weighted by atomic mass is 10.2. The van der Waals surface area contributed by atoms with Crippen molar-refractivity contribution in [3.63, 3.8) is 0 Å². The molecule has 0 bridgehead atoms. The molecule has 2 aromatic rings. The quantitative estimate of drug-likeness (QED) is 0.409. The van der Waals surface area contributed by atoms with Crippen LogP contribution in [-0.4, -0.2) is 43.7 Å². The minimum atomic E-state index is -0.520. The summed E-state index contributed by atoms with van der Waals surface area (Å²) in [6.07, 6.45) is 0. The van der Waals surface area contributed by atoms with Gasteiger partial charge in [-0.3, -0.25) is 4.79 Å². The second-order valence-corrected chi connectivity index (χ2v) is 7.20. The Bertz CT molecular complexity index is 701. The van der Waals surface area contributed by atoms with Gasteiger partial charge in [-0.1, -0.05) is 0 Å². The highest BCUT2D eigenvalue weighted by atomic mass is 32.2. The van der Waals surface area contributed by atoms with Gasteiger partial charge in [0.1, 0.15) is 0 Å². The zero-order chi connectivity index (χ0) is 18.1. The lowest BCUT2D eigenvalue weighted by Gasteiger charge is -2.06. The van der Waals surface area contributed by atoms with E-state index in [-0.39, 0.29) is 12.5 Å². The topological polar surface area (TPSA) is 77.5 Å². The normalized spacial score (nSPS) is 10.5. The molecule has 0 aliphatic heterocycles. The summed E-state index contributed by atoms with van der Waals surface area (Å²) in [5, 5.41) is 5.69. The summed E-state index contributed by atoms with van der Waals surface area (Å²) in [5.74, 6) is -0.0832. The van der Waals surface area contributed by atoms with E-state index >= 15 is 0 Å². The highest BCUT2D eigenvalue weighted by molar-refractivity contribution is 7.98. The standard InChI is InChI=1S/C17H20N2O4S2/c1-12-19-14(10-24-12)11-25-15-5-3-13(4-6-15)17(21)23-9-16(20)18-7-8-22-2/h3-6,10H,7-9,11H2,1-2H3,(H,18,20). The first-order chi connectivity index (χ1) is 12.1. The predicted octanol–water partition coefficient (Wildman–Crippen LogP) is 2.66. The fourth-order valence-corrected chi connectivity index (χ4v) is 3.39. The van der Waals surface area contributed by atoms with Crippen LogP contribution in [-0.2, 0) is 20.0 Å². The van der Waals surface area contributed by atoms with Crippen molar-refractivity contribution in [2.45, 2.75) is 17.6 Å². The number of aryl methyl sites for hydroxylation is 1. The van der Waals surface area contributed by atoms with Crippen LogP contribution >= 0.6 is 23.1 Å². The maximum atomic E-state index is 11.9. The molecule has 0 unspecified atom stereocenters. The molecule has 1 amide bonds. The fourth-order valence-electron chi connectivity index (χ4n) is 1.88. The molecule has 0 radical (unpaired) electrons. The molecule has 8 heteroatoms. The zero-order valence-electron chi connectivity index (χ0n) is 14.1. The predicted molar refractivity (Wildman–Crippen MR) is 98.0 cm³/mol. The summed E-state index contributed by atoms with van der Waals surface area (Å²) in [6, 6.07) is 7.11. The molecule has 0 saturated heterocycles. The molecule has 0 atom stereocenters. The third-order valence-corrected chi connectivity index (χ3v) is 4.97. The second kappa shape index (κ2) is 10.2. The van der Waals surface area contributed by atoms with Crippen LogP contribution < -0.4 is 5.32 Å². The van der Waals surface area contributed by atoms with Crippen LogP contribution in [0.15, 0.2) is 34.5 Å². The largest absolute Gasteiger partial charge is 0.452 e. The number of ether oxygens (including phenoxy) is 2. The number of carbonyl (C=O) groups is 2. The van der Waals surface area contributed by atoms with E-state index in [1.165, 1.54) is 0 Å². The first-order valence-electron chi connectivity index (χ1n) is 7.65. The molecule has 1 heterocycles. The van der Waals surface area contributed by atoms with Gasteiger partial charge >= 0.3 is 5.97 Å². The molecule has 6 nitrogen and oxygen atoms in total. The van der Waals surface area contributed by atoms with E-state index in [2.05, 4.69) is 10.3 Å². The molecule has 134 valence electrons. The molecular weight excluding hydrogens is 360 g/mol. The zero-order valence-corrected chi connectivity index (χ0v) is 15.7. The number of benzene rings is 1. The Morgan fingerprint density at radius 2 is 2.04 bits per heavy atom. The molecule has 0 spiro atoms. The number of esters is 1. The third-order valence-electron chi connectivity index (χ3n) is 3.11. The number of thioether (sulfide) groups is 1. The average Bonchev–Trinajstić information content (AvgIpc) is 3.04. The molecule has 25 heavy (non-hydrogen) atoms. The van der Waals surface area contributed by atoms with Crippen molar-refractivity contribution >= 4 is 35.0 Å². The Morgan fingerprint density at radius 3 is 2.68 bits per heavy atom. The molecule has 0 saturated carbocycles. The summed E-state index contributed by atoms with van der Waals surface area (Å²) in [6.45, 7) is 2.48. The van der Waals surface area contributed by atoms with E-state index in [1.807, 2.05) is 24.4 Å². The summed E-state index contributed by atoms with van der Waals surface area (Å²) >= 11 is 3.29. The number of rotatable bonds is 9. The molecule has 1 aromatic heterocycles. The number of nitrogens with zero attached hydrogens (tertiary/aromatic N) is 1. The van der Waals surface area contributed by atoms with E-state index in [4.69, 9.17) is 9.47 Å². The van der Waals surface area contributed by atoms with Crippen LogP contribution in [0.25, 0.3) is 0 Å². The van der Waals surface area contributed by atoms with Crippen molar-refractivity contribution in [3.8, 4) is 0 Å². The van der Waals surface area contributed by atoms with E-state index in [0.717, 1.165) is 21.3 Å². The number of thiazole rings is 1. The smallest absolute Gasteiger partial charge is 0.338 e. The van der Waals surface area contributed by atoms with Gasteiger partial charge in [-0.25, -0.2) is 9.78 Å². The molecule has 0 aliphatic rings. The molecule has 1 N–H and O–H groups in total. The number of hydrogen-bond acceptors (Lipinski definition) is 7. The van der Waals surface area contributed by atoms with E-state index < -0.39 is 5.97 Å². The maximum Gasteiger partial charge on any atom is 0.338 e. The number of amides is 1. The van der Waals surface area contributed by atoms with E-state index in [0.29, 0.717) is 18.7 Å². The Kier molecular flexibility index (Phi) is 7.90. The van der Waals surface area contributed by atoms with Crippen LogP contribution in [0, 0.1) is 6.92 Å². The minimum Gasteiger partial charge on any atom is -0.452 e. The maximum absolute atomic E-state index is 11.9. The molecule has 1 aromatic carbocycles. The van der Waals surface area contributed by atoms with E-state index in [1.54, 1.807) is 42.3 Å². The highest BCUT2D eigenvalue weighted by Crippen LogP contribution is 2.24. The molecular formula is C17H20N2O4S2. The van der Waals surface area contributed by atoms with Crippen LogP contribution in [0.5, 0.6) is 0 Å². The number of carbonyl (C=O) groups excluding carboxylic acids is 2. The van der Waals surface area contributed by atoms with Gasteiger partial charge in [0.05, 0.1) is 22.9 Å². The van der Waals surface area contributed by atoms with Gasteiger partial charge < -0.3 is 14.8 Å². The van der Waals surface area contributed by atoms with Crippen molar-refractivity contribution in [3.05, 3.63) is 45.9 Å². The van der Waals surface area contributed by atoms with E-state index in [9.17, 15) is 9.59 Å². The van der Waals surface area contributed by atoms with Crippen molar-refractivity contribution in [1.82, 2.24) is 10.3 Å². The number of hydrogen-bond donors (Lipinski definition) is 1. The molecule has 0 fully saturated rings. The van der Waals surface area contributed by atoms with Gasteiger partial charge in [0.15, 0.2) is 6.61 Å². The average molecular weight is 380 g/mol. The Balaban J connectivity index is 1.76. The van der Waals surface area contributed by atoms with Crippen LogP contribution in [0.3, 0.4) is 0 Å². The van der Waals surface area contributed by atoms with Crippen molar-refractivity contribution in [1.29, 1.82) is 0 Å². The Morgan fingerprint density at radius 1 is 1.28 bits per heavy atom.